The average molecular weight is 341 g/mol. The fourth-order valence-corrected chi connectivity index (χ4v) is 2.35. The number of hydrogen-bond donors (Lipinski definition) is 2. The molecular formula is C16H16FN7O. The second-order valence-corrected chi connectivity index (χ2v) is 5.34. The summed E-state index contributed by atoms with van der Waals surface area (Å²) < 4.78 is 15.3. The second-order valence-electron chi connectivity index (χ2n) is 5.34. The molecule has 0 fully saturated rings. The van der Waals surface area contributed by atoms with Gasteiger partial charge in [-0.25, -0.2) is 14.4 Å². The van der Waals surface area contributed by atoms with Gasteiger partial charge in [0.05, 0.1) is 24.0 Å². The molecule has 2 heterocycles. The van der Waals surface area contributed by atoms with Crippen molar-refractivity contribution in [1.29, 1.82) is 0 Å². The van der Waals surface area contributed by atoms with Crippen LogP contribution >= 0.6 is 0 Å². The van der Waals surface area contributed by atoms with E-state index in [1.54, 1.807) is 29.3 Å². The van der Waals surface area contributed by atoms with Crippen LogP contribution in [0.1, 0.15) is 16.1 Å². The predicted octanol–water partition coefficient (Wildman–Crippen LogP) is 1.39. The van der Waals surface area contributed by atoms with Gasteiger partial charge in [-0.2, -0.15) is 0 Å². The van der Waals surface area contributed by atoms with E-state index in [9.17, 15) is 9.18 Å². The van der Waals surface area contributed by atoms with Gasteiger partial charge in [-0.3, -0.25) is 9.48 Å². The normalized spacial score (nSPS) is 10.6. The maximum Gasteiger partial charge on any atom is 0.251 e. The van der Waals surface area contributed by atoms with Crippen LogP contribution in [0.25, 0.3) is 11.1 Å². The van der Waals surface area contributed by atoms with Crippen LogP contribution in [0.4, 0.5) is 10.3 Å². The quantitative estimate of drug-likeness (QED) is 0.701. The van der Waals surface area contributed by atoms with E-state index in [2.05, 4.69) is 25.6 Å². The van der Waals surface area contributed by atoms with Crippen molar-refractivity contribution in [2.45, 2.75) is 13.5 Å². The molecule has 0 atom stereocenters. The lowest BCUT2D eigenvalue weighted by atomic mass is 10.0. The topological polar surface area (TPSA) is 112 Å². The summed E-state index contributed by atoms with van der Waals surface area (Å²) >= 11 is 0. The van der Waals surface area contributed by atoms with Gasteiger partial charge in [0.15, 0.2) is 0 Å². The van der Waals surface area contributed by atoms with Gasteiger partial charge in [-0.1, -0.05) is 11.3 Å². The molecule has 0 aliphatic carbocycles. The third-order valence-electron chi connectivity index (χ3n) is 3.62. The summed E-state index contributed by atoms with van der Waals surface area (Å²) in [7, 11) is 0. The average Bonchev–Trinajstić information content (AvgIpc) is 3.09. The Hall–Kier alpha value is -3.36. The summed E-state index contributed by atoms with van der Waals surface area (Å²) in [4.78, 5) is 19.9. The first-order valence-corrected chi connectivity index (χ1v) is 7.56. The highest BCUT2D eigenvalue weighted by molar-refractivity contribution is 5.94. The molecule has 8 nitrogen and oxygen atoms in total. The van der Waals surface area contributed by atoms with E-state index in [0.717, 1.165) is 0 Å². The minimum atomic E-state index is -0.815. The van der Waals surface area contributed by atoms with Crippen LogP contribution in [-0.4, -0.2) is 37.4 Å². The van der Waals surface area contributed by atoms with Gasteiger partial charge >= 0.3 is 0 Å². The lowest BCUT2D eigenvalue weighted by Crippen LogP contribution is -2.14. The van der Waals surface area contributed by atoms with Gasteiger partial charge in [0, 0.05) is 24.5 Å². The molecule has 0 bridgehead atoms. The van der Waals surface area contributed by atoms with Crippen LogP contribution in [-0.2, 0) is 6.54 Å². The number of hydrogen-bond acceptors (Lipinski definition) is 6. The maximum absolute atomic E-state index is 13.6. The summed E-state index contributed by atoms with van der Waals surface area (Å²) in [5, 5.41) is 10.7. The van der Waals surface area contributed by atoms with Crippen LogP contribution < -0.4 is 11.1 Å². The van der Waals surface area contributed by atoms with E-state index < -0.39 is 11.7 Å². The number of carbonyl (C=O) groups is 1. The Morgan fingerprint density at radius 1 is 1.40 bits per heavy atom. The Morgan fingerprint density at radius 3 is 2.92 bits per heavy atom. The summed E-state index contributed by atoms with van der Waals surface area (Å²) in [5.74, 6) is -0.996. The van der Waals surface area contributed by atoms with Crippen LogP contribution in [0.2, 0.25) is 0 Å². The Bertz CT molecular complexity index is 896. The van der Waals surface area contributed by atoms with Crippen molar-refractivity contribution < 1.29 is 9.18 Å². The molecular weight excluding hydrogens is 325 g/mol. The van der Waals surface area contributed by atoms with Crippen molar-refractivity contribution in [2.75, 3.05) is 11.9 Å². The number of anilines is 1. The SMILES string of the molecule is Cc1nc(NCCn2ccnn2)ncc1-c1ccc(F)c(C(N)=O)c1. The molecule has 1 amide bonds. The van der Waals surface area contributed by atoms with E-state index in [1.807, 2.05) is 6.92 Å². The number of rotatable bonds is 6. The van der Waals surface area contributed by atoms with Crippen LogP contribution in [0.5, 0.6) is 0 Å². The molecule has 128 valence electrons. The number of primary amides is 1. The number of amides is 1. The van der Waals surface area contributed by atoms with Gasteiger partial charge in [0.2, 0.25) is 5.95 Å². The number of aryl methyl sites for hydroxylation is 1. The molecule has 25 heavy (non-hydrogen) atoms. The van der Waals surface area contributed by atoms with E-state index in [-0.39, 0.29) is 5.56 Å². The van der Waals surface area contributed by atoms with Gasteiger partial charge in [-0.15, -0.1) is 5.10 Å². The Kier molecular flexibility index (Phi) is 4.64. The van der Waals surface area contributed by atoms with Crippen molar-refractivity contribution in [3.8, 4) is 11.1 Å². The zero-order valence-corrected chi connectivity index (χ0v) is 13.5. The second kappa shape index (κ2) is 7.04. The molecule has 9 heteroatoms. The molecule has 0 saturated heterocycles. The molecule has 0 radical (unpaired) electrons. The first kappa shape index (κ1) is 16.5. The molecule has 2 aromatic heterocycles. The highest BCUT2D eigenvalue weighted by atomic mass is 19.1. The minimum Gasteiger partial charge on any atom is -0.366 e. The van der Waals surface area contributed by atoms with Crippen LogP contribution in [0.3, 0.4) is 0 Å². The zero-order valence-electron chi connectivity index (χ0n) is 13.5. The molecule has 3 rings (SSSR count). The van der Waals surface area contributed by atoms with E-state index in [4.69, 9.17) is 5.73 Å². The number of nitrogens with two attached hydrogens (primary N) is 1. The van der Waals surface area contributed by atoms with Gasteiger partial charge in [-0.05, 0) is 24.6 Å². The highest BCUT2D eigenvalue weighted by Gasteiger charge is 2.12. The first-order chi connectivity index (χ1) is 12.0. The fraction of sp³-hybridized carbons (Fsp3) is 0.188. The standard InChI is InChI=1S/C16H16FN7O/c1-10-13(11-2-3-14(17)12(8-11)15(18)25)9-20-16(22-10)19-4-6-24-7-5-21-23-24/h2-3,5,7-9H,4,6H2,1H3,(H2,18,25)(H,19,20,22). The monoisotopic (exact) mass is 341 g/mol. The number of halogens is 1. The third-order valence-corrected chi connectivity index (χ3v) is 3.62. The summed E-state index contributed by atoms with van der Waals surface area (Å²) in [6, 6.07) is 4.17. The van der Waals surface area contributed by atoms with Gasteiger partial charge in [0.25, 0.3) is 5.91 Å². The zero-order chi connectivity index (χ0) is 17.8. The van der Waals surface area contributed by atoms with E-state index >= 15 is 0 Å². The first-order valence-electron chi connectivity index (χ1n) is 7.56. The molecule has 3 aromatic rings. The number of carbonyl (C=O) groups excluding carboxylic acids is 1. The van der Waals surface area contributed by atoms with Crippen molar-refractivity contribution in [2.24, 2.45) is 5.73 Å². The van der Waals surface area contributed by atoms with Crippen LogP contribution in [0.15, 0.2) is 36.8 Å². The number of aromatic nitrogens is 5. The van der Waals surface area contributed by atoms with Crippen molar-refractivity contribution in [1.82, 2.24) is 25.0 Å². The fourth-order valence-electron chi connectivity index (χ4n) is 2.35. The summed E-state index contributed by atoms with van der Waals surface area (Å²) in [5.41, 5.74) is 7.05. The van der Waals surface area contributed by atoms with Gasteiger partial charge < -0.3 is 11.1 Å². The van der Waals surface area contributed by atoms with Crippen molar-refractivity contribution >= 4 is 11.9 Å². The minimum absolute atomic E-state index is 0.160. The Balaban J connectivity index is 1.75. The molecule has 0 aliphatic rings. The molecule has 0 spiro atoms. The van der Waals surface area contributed by atoms with Gasteiger partial charge in [0.1, 0.15) is 5.82 Å². The molecule has 0 saturated carbocycles. The summed E-state index contributed by atoms with van der Waals surface area (Å²) in [6.07, 6.45) is 5.00. The Labute approximate surface area is 142 Å². The van der Waals surface area contributed by atoms with Crippen molar-refractivity contribution in [3.05, 3.63) is 53.9 Å². The molecule has 0 unspecified atom stereocenters. The summed E-state index contributed by atoms with van der Waals surface area (Å²) in [6.45, 7) is 3.03. The smallest absolute Gasteiger partial charge is 0.251 e. The maximum atomic E-state index is 13.6. The van der Waals surface area contributed by atoms with E-state index in [0.29, 0.717) is 35.9 Å². The number of nitrogens with zero attached hydrogens (tertiary/aromatic N) is 5. The molecule has 0 aliphatic heterocycles. The van der Waals surface area contributed by atoms with Crippen LogP contribution in [0, 0.1) is 12.7 Å². The molecule has 3 N–H and O–H groups in total. The van der Waals surface area contributed by atoms with Crippen molar-refractivity contribution in [3.63, 3.8) is 0 Å². The molecule has 1 aromatic carbocycles. The Morgan fingerprint density at radius 2 is 2.24 bits per heavy atom. The lowest BCUT2D eigenvalue weighted by molar-refractivity contribution is 0.0996. The lowest BCUT2D eigenvalue weighted by Gasteiger charge is -2.10. The number of nitrogens with one attached hydrogen (secondary N) is 1. The predicted molar refractivity (Wildman–Crippen MR) is 89.2 cm³/mol. The third kappa shape index (κ3) is 3.77. The van der Waals surface area contributed by atoms with E-state index in [1.165, 1.54) is 12.1 Å². The largest absolute Gasteiger partial charge is 0.366 e. The highest BCUT2D eigenvalue weighted by Crippen LogP contribution is 2.24. The number of benzene rings is 1.